The van der Waals surface area contributed by atoms with E-state index in [4.69, 9.17) is 12.2 Å². The number of aromatic nitrogens is 3. The molecule has 0 radical (unpaired) electrons. The van der Waals surface area contributed by atoms with E-state index in [1.807, 2.05) is 56.4 Å². The molecule has 3 aromatic heterocycles. The summed E-state index contributed by atoms with van der Waals surface area (Å²) in [6.07, 6.45) is 5.88. The maximum absolute atomic E-state index is 12.0. The van der Waals surface area contributed by atoms with Crippen LogP contribution in [0.2, 0.25) is 0 Å². The quantitative estimate of drug-likeness (QED) is 0.348. The Bertz CT molecular complexity index is 1400. The zero-order valence-corrected chi connectivity index (χ0v) is 21.3. The van der Waals surface area contributed by atoms with Gasteiger partial charge in [-0.1, -0.05) is 13.0 Å². The number of benzene rings is 1. The van der Waals surface area contributed by atoms with Gasteiger partial charge in [-0.15, -0.1) is 0 Å². The standard InChI is InChI=1S/C28H28N6OS/c1-4-25(35)31-22-12-11-20(16-18(22)2)34-27(26(32-28(34)36)23-9-5-6-15-30-23)24-13-10-19(3)33(24)21-8-7-14-29-17-21/h5-17,26-27H,4H2,1-3H3,(H,31,35)(H,32,36)/t26-,27+/m0/s1. The molecule has 0 unspecified atom stereocenters. The zero-order chi connectivity index (χ0) is 25.2. The number of carbonyl (C=O) groups excluding carboxylic acids is 1. The summed E-state index contributed by atoms with van der Waals surface area (Å²) in [5.41, 5.74) is 6.79. The Morgan fingerprint density at radius 1 is 1.06 bits per heavy atom. The van der Waals surface area contributed by atoms with Gasteiger partial charge < -0.3 is 20.1 Å². The van der Waals surface area contributed by atoms with Crippen molar-refractivity contribution in [3.8, 4) is 5.69 Å². The molecule has 1 aromatic carbocycles. The van der Waals surface area contributed by atoms with Crippen molar-refractivity contribution in [3.63, 3.8) is 0 Å². The fourth-order valence-corrected chi connectivity index (χ4v) is 5.08. The number of hydrogen-bond donors (Lipinski definition) is 2. The van der Waals surface area contributed by atoms with Gasteiger partial charge in [0.05, 0.1) is 23.6 Å². The molecule has 0 spiro atoms. The normalized spacial score (nSPS) is 17.2. The van der Waals surface area contributed by atoms with E-state index < -0.39 is 0 Å². The molecule has 0 saturated carbocycles. The largest absolute Gasteiger partial charge is 0.351 e. The van der Waals surface area contributed by atoms with E-state index in [0.29, 0.717) is 11.5 Å². The first-order chi connectivity index (χ1) is 17.5. The third kappa shape index (κ3) is 4.35. The lowest BCUT2D eigenvalue weighted by atomic mass is 10.0. The summed E-state index contributed by atoms with van der Waals surface area (Å²) in [5.74, 6) is -0.0120. The highest BCUT2D eigenvalue weighted by molar-refractivity contribution is 7.80. The summed E-state index contributed by atoms with van der Waals surface area (Å²) in [6.45, 7) is 5.93. The molecule has 36 heavy (non-hydrogen) atoms. The van der Waals surface area contributed by atoms with Gasteiger partial charge in [0.25, 0.3) is 0 Å². The van der Waals surface area contributed by atoms with E-state index in [2.05, 4.69) is 61.3 Å². The smallest absolute Gasteiger partial charge is 0.224 e. The van der Waals surface area contributed by atoms with Crippen LogP contribution in [0.15, 0.2) is 79.3 Å². The van der Waals surface area contributed by atoms with Crippen molar-refractivity contribution < 1.29 is 4.79 Å². The molecular formula is C28H28N6OS. The van der Waals surface area contributed by atoms with Gasteiger partial charge in [-0.2, -0.15) is 0 Å². The minimum Gasteiger partial charge on any atom is -0.351 e. The second-order valence-electron chi connectivity index (χ2n) is 8.84. The highest BCUT2D eigenvalue weighted by Gasteiger charge is 2.42. The SMILES string of the molecule is CCC(=O)Nc1ccc(N2C(=S)N[C@@H](c3ccccn3)[C@H]2c2ccc(C)n2-c2cccnc2)cc1C. The van der Waals surface area contributed by atoms with Gasteiger partial charge >= 0.3 is 0 Å². The second-order valence-corrected chi connectivity index (χ2v) is 9.23. The van der Waals surface area contributed by atoms with Crippen LogP contribution in [0.5, 0.6) is 0 Å². The van der Waals surface area contributed by atoms with Crippen LogP contribution in [0, 0.1) is 13.8 Å². The summed E-state index contributed by atoms with van der Waals surface area (Å²) in [6, 6.07) is 19.9. The lowest BCUT2D eigenvalue weighted by Crippen LogP contribution is -2.30. The van der Waals surface area contributed by atoms with Crippen LogP contribution in [0.25, 0.3) is 5.69 Å². The highest BCUT2D eigenvalue weighted by atomic mass is 32.1. The lowest BCUT2D eigenvalue weighted by Gasteiger charge is -2.29. The average molecular weight is 497 g/mol. The number of hydrogen-bond acceptors (Lipinski definition) is 4. The summed E-state index contributed by atoms with van der Waals surface area (Å²) < 4.78 is 2.22. The molecule has 7 nitrogen and oxygen atoms in total. The minimum absolute atomic E-state index is 0.0120. The summed E-state index contributed by atoms with van der Waals surface area (Å²) in [4.78, 5) is 23.1. The molecule has 0 bridgehead atoms. The van der Waals surface area contributed by atoms with Crippen LogP contribution in [0.4, 0.5) is 11.4 Å². The Morgan fingerprint density at radius 2 is 1.92 bits per heavy atom. The van der Waals surface area contributed by atoms with Crippen LogP contribution >= 0.6 is 12.2 Å². The monoisotopic (exact) mass is 496 g/mol. The topological polar surface area (TPSA) is 75.1 Å². The molecule has 8 heteroatoms. The number of thiocarbonyl (C=S) groups is 1. The van der Waals surface area contributed by atoms with Crippen molar-refractivity contribution in [1.29, 1.82) is 0 Å². The molecule has 4 heterocycles. The molecule has 182 valence electrons. The molecule has 0 aliphatic carbocycles. The molecule has 2 atom stereocenters. The van der Waals surface area contributed by atoms with Gasteiger partial charge in [-0.05, 0) is 86.2 Å². The predicted molar refractivity (Wildman–Crippen MR) is 146 cm³/mol. The Kier molecular flexibility index (Phi) is 6.52. The van der Waals surface area contributed by atoms with Crippen LogP contribution < -0.4 is 15.5 Å². The molecule has 1 amide bonds. The van der Waals surface area contributed by atoms with Crippen LogP contribution in [-0.2, 0) is 4.79 Å². The first-order valence-corrected chi connectivity index (χ1v) is 12.4. The molecule has 5 rings (SSSR count). The highest BCUT2D eigenvalue weighted by Crippen LogP contribution is 2.43. The minimum atomic E-state index is -0.170. The van der Waals surface area contributed by atoms with Crippen molar-refractivity contribution in [2.45, 2.75) is 39.3 Å². The van der Waals surface area contributed by atoms with Crippen molar-refractivity contribution in [2.24, 2.45) is 0 Å². The Morgan fingerprint density at radius 3 is 2.61 bits per heavy atom. The fraction of sp³-hybridized carbons (Fsp3) is 0.214. The maximum atomic E-state index is 12.0. The number of aryl methyl sites for hydroxylation is 2. The van der Waals surface area contributed by atoms with E-state index >= 15 is 0 Å². The van der Waals surface area contributed by atoms with Crippen LogP contribution in [0.3, 0.4) is 0 Å². The van der Waals surface area contributed by atoms with Crippen LogP contribution in [0.1, 0.15) is 48.1 Å². The number of carbonyl (C=O) groups is 1. The molecular weight excluding hydrogens is 468 g/mol. The van der Waals surface area contributed by atoms with Crippen molar-refractivity contribution in [1.82, 2.24) is 19.9 Å². The predicted octanol–water partition coefficient (Wildman–Crippen LogP) is 5.41. The van der Waals surface area contributed by atoms with Gasteiger partial charge in [-0.25, -0.2) is 0 Å². The zero-order valence-electron chi connectivity index (χ0n) is 20.5. The molecule has 1 aliphatic heterocycles. The fourth-order valence-electron chi connectivity index (χ4n) is 4.74. The number of pyridine rings is 2. The van der Waals surface area contributed by atoms with Crippen molar-refractivity contribution in [3.05, 3.63) is 102 Å². The van der Waals surface area contributed by atoms with Gasteiger partial charge in [0, 0.05) is 41.6 Å². The van der Waals surface area contributed by atoms with Gasteiger partial charge in [0.15, 0.2) is 5.11 Å². The lowest BCUT2D eigenvalue weighted by molar-refractivity contribution is -0.115. The van der Waals surface area contributed by atoms with E-state index in [1.165, 1.54) is 0 Å². The first-order valence-electron chi connectivity index (χ1n) is 12.0. The maximum Gasteiger partial charge on any atom is 0.224 e. The van der Waals surface area contributed by atoms with Crippen molar-refractivity contribution in [2.75, 3.05) is 10.2 Å². The van der Waals surface area contributed by atoms with Gasteiger partial charge in [0.2, 0.25) is 5.91 Å². The summed E-state index contributed by atoms with van der Waals surface area (Å²) in [7, 11) is 0. The van der Waals surface area contributed by atoms with Crippen molar-refractivity contribution >= 4 is 34.6 Å². The van der Waals surface area contributed by atoms with E-state index in [-0.39, 0.29) is 18.0 Å². The molecule has 1 saturated heterocycles. The first kappa shape index (κ1) is 23.7. The number of rotatable bonds is 6. The number of amides is 1. The molecule has 2 N–H and O–H groups in total. The van der Waals surface area contributed by atoms with E-state index in [0.717, 1.165) is 39.7 Å². The summed E-state index contributed by atoms with van der Waals surface area (Å²) in [5, 5.41) is 7.12. The Balaban J connectivity index is 1.64. The third-order valence-corrected chi connectivity index (χ3v) is 6.81. The number of nitrogens with one attached hydrogen (secondary N) is 2. The Hall–Kier alpha value is -4.04. The number of anilines is 2. The van der Waals surface area contributed by atoms with Crippen LogP contribution in [-0.4, -0.2) is 25.6 Å². The summed E-state index contributed by atoms with van der Waals surface area (Å²) >= 11 is 5.90. The average Bonchev–Trinajstić information content (AvgIpc) is 3.45. The van der Waals surface area contributed by atoms with Gasteiger partial charge in [-0.3, -0.25) is 14.8 Å². The second kappa shape index (κ2) is 9.91. The molecule has 1 aliphatic rings. The number of nitrogens with zero attached hydrogens (tertiary/aromatic N) is 4. The van der Waals surface area contributed by atoms with E-state index in [9.17, 15) is 4.79 Å². The van der Waals surface area contributed by atoms with Gasteiger partial charge in [0.1, 0.15) is 6.04 Å². The third-order valence-electron chi connectivity index (χ3n) is 6.49. The Labute approximate surface area is 216 Å². The van der Waals surface area contributed by atoms with E-state index in [1.54, 1.807) is 12.4 Å². The molecule has 4 aromatic rings. The molecule has 1 fully saturated rings.